The second-order valence-electron chi connectivity index (χ2n) is 5.83. The van der Waals surface area contributed by atoms with E-state index in [2.05, 4.69) is 12.2 Å². The predicted octanol–water partition coefficient (Wildman–Crippen LogP) is 3.52. The third kappa shape index (κ3) is 3.67. The number of hydrogen-bond donors (Lipinski definition) is 1. The van der Waals surface area contributed by atoms with E-state index in [-0.39, 0.29) is 17.4 Å². The lowest BCUT2D eigenvalue weighted by molar-refractivity contribution is 0.0948. The molecule has 1 N–H and O–H groups in total. The smallest absolute Gasteiger partial charge is 0.254 e. The lowest BCUT2D eigenvalue weighted by Crippen LogP contribution is -2.26. The van der Waals surface area contributed by atoms with Gasteiger partial charge in [0.15, 0.2) is 11.5 Å². The van der Waals surface area contributed by atoms with Gasteiger partial charge in [-0.05, 0) is 42.2 Å². The van der Waals surface area contributed by atoms with E-state index in [1.807, 2.05) is 18.2 Å². The third-order valence-corrected chi connectivity index (χ3v) is 4.12. The van der Waals surface area contributed by atoms with Crippen molar-refractivity contribution < 1.29 is 18.7 Å². The molecule has 24 heavy (non-hydrogen) atoms. The monoisotopic (exact) mass is 329 g/mol. The molecule has 1 atom stereocenters. The Kier molecular flexibility index (Phi) is 4.99. The molecule has 0 spiro atoms. The van der Waals surface area contributed by atoms with Crippen LogP contribution in [-0.4, -0.2) is 25.7 Å². The van der Waals surface area contributed by atoms with Gasteiger partial charge in [-0.3, -0.25) is 4.79 Å². The van der Waals surface area contributed by atoms with Crippen molar-refractivity contribution in [2.24, 2.45) is 0 Å². The van der Waals surface area contributed by atoms with Crippen LogP contribution in [0.15, 0.2) is 42.5 Å². The van der Waals surface area contributed by atoms with E-state index >= 15 is 0 Å². The average molecular weight is 329 g/mol. The lowest BCUT2D eigenvalue weighted by atomic mass is 9.97. The molecule has 3 rings (SSSR count). The van der Waals surface area contributed by atoms with Gasteiger partial charge in [-0.15, -0.1) is 0 Å². The Morgan fingerprint density at radius 2 is 1.92 bits per heavy atom. The molecule has 0 aromatic heterocycles. The van der Waals surface area contributed by atoms with E-state index in [1.54, 1.807) is 12.1 Å². The molecule has 1 aliphatic heterocycles. The summed E-state index contributed by atoms with van der Waals surface area (Å²) in [6.45, 7) is 3.69. The molecule has 1 amide bonds. The molecule has 1 heterocycles. The van der Waals surface area contributed by atoms with Crippen LogP contribution in [0, 0.1) is 5.82 Å². The number of halogens is 1. The normalized spacial score (nSPS) is 14.1. The van der Waals surface area contributed by atoms with Crippen LogP contribution in [0.2, 0.25) is 0 Å². The summed E-state index contributed by atoms with van der Waals surface area (Å²) in [6, 6.07) is 11.9. The molecule has 0 aliphatic carbocycles. The van der Waals surface area contributed by atoms with E-state index in [0.29, 0.717) is 19.8 Å². The van der Waals surface area contributed by atoms with E-state index in [1.165, 1.54) is 12.1 Å². The highest BCUT2D eigenvalue weighted by Gasteiger charge is 2.15. The minimum absolute atomic E-state index is 0.0736. The Morgan fingerprint density at radius 1 is 1.17 bits per heavy atom. The Balaban J connectivity index is 1.55. The predicted molar refractivity (Wildman–Crippen MR) is 89.2 cm³/mol. The molecule has 0 fully saturated rings. The first-order chi connectivity index (χ1) is 11.6. The van der Waals surface area contributed by atoms with Crippen LogP contribution in [-0.2, 0) is 0 Å². The zero-order chi connectivity index (χ0) is 16.9. The van der Waals surface area contributed by atoms with Crippen molar-refractivity contribution in [3.8, 4) is 11.5 Å². The van der Waals surface area contributed by atoms with E-state index in [0.717, 1.165) is 23.5 Å². The van der Waals surface area contributed by atoms with Crippen LogP contribution in [0.5, 0.6) is 11.5 Å². The van der Waals surface area contributed by atoms with Crippen molar-refractivity contribution >= 4 is 5.91 Å². The molecule has 2 aromatic carbocycles. The average Bonchev–Trinajstić information content (AvgIpc) is 2.61. The minimum Gasteiger partial charge on any atom is -0.486 e. The van der Waals surface area contributed by atoms with Crippen LogP contribution in [0.25, 0.3) is 0 Å². The summed E-state index contributed by atoms with van der Waals surface area (Å²) < 4.78 is 24.7. The zero-order valence-electron chi connectivity index (χ0n) is 13.5. The van der Waals surface area contributed by atoms with Crippen LogP contribution in [0.4, 0.5) is 4.39 Å². The van der Waals surface area contributed by atoms with Gasteiger partial charge in [0.05, 0.1) is 5.56 Å². The number of benzene rings is 2. The van der Waals surface area contributed by atoms with E-state index < -0.39 is 5.82 Å². The molecule has 0 radical (unpaired) electrons. The van der Waals surface area contributed by atoms with Gasteiger partial charge in [-0.25, -0.2) is 4.39 Å². The Morgan fingerprint density at radius 3 is 2.71 bits per heavy atom. The summed E-state index contributed by atoms with van der Waals surface area (Å²) >= 11 is 0. The van der Waals surface area contributed by atoms with E-state index in [4.69, 9.17) is 9.47 Å². The van der Waals surface area contributed by atoms with Crippen molar-refractivity contribution in [3.05, 3.63) is 59.4 Å². The molecule has 0 bridgehead atoms. The van der Waals surface area contributed by atoms with Gasteiger partial charge in [-0.1, -0.05) is 25.1 Å². The highest BCUT2D eigenvalue weighted by atomic mass is 19.1. The molecular formula is C19H20FNO3. The zero-order valence-corrected chi connectivity index (χ0v) is 13.5. The number of carbonyl (C=O) groups excluding carboxylic acids is 1. The fraction of sp³-hybridized carbons (Fsp3) is 0.316. The second-order valence-corrected chi connectivity index (χ2v) is 5.83. The highest BCUT2D eigenvalue weighted by Crippen LogP contribution is 2.33. The minimum atomic E-state index is -0.505. The Hall–Kier alpha value is -2.56. The fourth-order valence-corrected chi connectivity index (χ4v) is 2.68. The molecule has 0 saturated carbocycles. The number of hydrogen-bond acceptors (Lipinski definition) is 3. The SMILES string of the molecule is CC(CCNC(=O)c1ccccc1F)c1ccc2c(c1)OCCO2. The fourth-order valence-electron chi connectivity index (χ4n) is 2.68. The molecule has 2 aromatic rings. The van der Waals surface area contributed by atoms with Crippen LogP contribution in [0.1, 0.15) is 35.2 Å². The van der Waals surface area contributed by atoms with Gasteiger partial charge in [0.25, 0.3) is 5.91 Å². The maximum atomic E-state index is 13.6. The lowest BCUT2D eigenvalue weighted by Gasteiger charge is -2.20. The van der Waals surface area contributed by atoms with Crippen LogP contribution >= 0.6 is 0 Å². The van der Waals surface area contributed by atoms with Crippen molar-refractivity contribution in [1.82, 2.24) is 5.32 Å². The summed E-state index contributed by atoms with van der Waals surface area (Å²) in [4.78, 5) is 12.0. The molecule has 1 unspecified atom stereocenters. The highest BCUT2D eigenvalue weighted by molar-refractivity contribution is 5.94. The molecule has 126 valence electrons. The first kappa shape index (κ1) is 16.3. The number of fused-ring (bicyclic) bond motifs is 1. The van der Waals surface area contributed by atoms with Gasteiger partial charge in [0, 0.05) is 6.54 Å². The van der Waals surface area contributed by atoms with Gasteiger partial charge in [0.2, 0.25) is 0 Å². The first-order valence-corrected chi connectivity index (χ1v) is 8.07. The van der Waals surface area contributed by atoms with Crippen molar-refractivity contribution in [3.63, 3.8) is 0 Å². The Labute approximate surface area is 140 Å². The maximum absolute atomic E-state index is 13.6. The quantitative estimate of drug-likeness (QED) is 0.913. The van der Waals surface area contributed by atoms with Crippen molar-refractivity contribution in [2.45, 2.75) is 19.3 Å². The molecular weight excluding hydrogens is 309 g/mol. The molecule has 0 saturated heterocycles. The molecule has 4 nitrogen and oxygen atoms in total. The number of rotatable bonds is 5. The topological polar surface area (TPSA) is 47.6 Å². The molecule has 1 aliphatic rings. The number of amides is 1. The second kappa shape index (κ2) is 7.34. The summed E-state index contributed by atoms with van der Waals surface area (Å²) in [7, 11) is 0. The van der Waals surface area contributed by atoms with Gasteiger partial charge in [-0.2, -0.15) is 0 Å². The van der Waals surface area contributed by atoms with Crippen molar-refractivity contribution in [2.75, 3.05) is 19.8 Å². The summed E-state index contributed by atoms with van der Waals surface area (Å²) in [5, 5.41) is 2.77. The van der Waals surface area contributed by atoms with E-state index in [9.17, 15) is 9.18 Å². The summed E-state index contributed by atoms with van der Waals surface area (Å²) in [5.74, 6) is 0.880. The summed E-state index contributed by atoms with van der Waals surface area (Å²) in [5.41, 5.74) is 1.20. The Bertz CT molecular complexity index is 732. The van der Waals surface area contributed by atoms with Crippen molar-refractivity contribution in [1.29, 1.82) is 0 Å². The van der Waals surface area contributed by atoms with Gasteiger partial charge >= 0.3 is 0 Å². The first-order valence-electron chi connectivity index (χ1n) is 8.07. The largest absolute Gasteiger partial charge is 0.486 e. The number of nitrogens with one attached hydrogen (secondary N) is 1. The summed E-state index contributed by atoms with van der Waals surface area (Å²) in [6.07, 6.45) is 0.750. The number of carbonyl (C=O) groups is 1. The van der Waals surface area contributed by atoms with Crippen LogP contribution in [0.3, 0.4) is 0 Å². The molecule has 5 heteroatoms. The van der Waals surface area contributed by atoms with Gasteiger partial charge < -0.3 is 14.8 Å². The maximum Gasteiger partial charge on any atom is 0.254 e. The standard InChI is InChI=1S/C19H20FNO3/c1-13(14-6-7-17-18(12-14)24-11-10-23-17)8-9-21-19(22)15-4-2-3-5-16(15)20/h2-7,12-13H,8-11H2,1H3,(H,21,22). The number of ether oxygens (including phenoxy) is 2. The van der Waals surface area contributed by atoms with Crippen LogP contribution < -0.4 is 14.8 Å². The third-order valence-electron chi connectivity index (χ3n) is 4.12. The van der Waals surface area contributed by atoms with Gasteiger partial charge in [0.1, 0.15) is 19.0 Å².